The fourth-order valence-corrected chi connectivity index (χ4v) is 4.07. The highest BCUT2D eigenvalue weighted by molar-refractivity contribution is 6.53. The Hall–Kier alpha value is -4.43. The van der Waals surface area contributed by atoms with Crippen LogP contribution in [0.1, 0.15) is 53.0 Å². The van der Waals surface area contributed by atoms with Crippen molar-refractivity contribution in [1.29, 1.82) is 0 Å². The molecule has 39 heavy (non-hydrogen) atoms. The van der Waals surface area contributed by atoms with Crippen LogP contribution in [0, 0.1) is 0 Å². The number of aryl methyl sites for hydroxylation is 1. The maximum Gasteiger partial charge on any atom is 0.338 e. The van der Waals surface area contributed by atoms with E-state index in [0.717, 1.165) is 24.2 Å². The van der Waals surface area contributed by atoms with Crippen LogP contribution in [0.3, 0.4) is 0 Å². The van der Waals surface area contributed by atoms with Gasteiger partial charge in [-0.3, -0.25) is 14.4 Å². The summed E-state index contributed by atoms with van der Waals surface area (Å²) in [5.41, 5.74) is 3.25. The largest absolute Gasteiger partial charge is 0.462 e. The molecule has 1 aliphatic heterocycles. The Labute approximate surface area is 231 Å². The first-order valence-electron chi connectivity index (χ1n) is 12.7. The van der Waals surface area contributed by atoms with Crippen molar-refractivity contribution < 1.29 is 23.9 Å². The van der Waals surface area contributed by atoms with Crippen molar-refractivity contribution in [3.8, 4) is 0 Å². The molecule has 0 saturated heterocycles. The zero-order chi connectivity index (χ0) is 27.9. The number of amides is 3. The van der Waals surface area contributed by atoms with Gasteiger partial charge < -0.3 is 15.4 Å². The van der Waals surface area contributed by atoms with Crippen molar-refractivity contribution in [2.75, 3.05) is 22.1 Å². The van der Waals surface area contributed by atoms with E-state index in [0.29, 0.717) is 29.1 Å². The number of hydrogen-bond acceptors (Lipinski definition) is 6. The van der Waals surface area contributed by atoms with Gasteiger partial charge in [-0.15, -0.1) is 0 Å². The first kappa shape index (κ1) is 27.6. The number of carbonyl (C=O) groups excluding carboxylic acids is 4. The van der Waals surface area contributed by atoms with Crippen molar-refractivity contribution in [3.05, 3.63) is 100 Å². The topological polar surface area (TPSA) is 105 Å². The highest BCUT2D eigenvalue weighted by atomic mass is 35.5. The van der Waals surface area contributed by atoms with E-state index in [4.69, 9.17) is 16.3 Å². The minimum absolute atomic E-state index is 0.0852. The van der Waals surface area contributed by atoms with Crippen LogP contribution in [0.5, 0.6) is 0 Å². The summed E-state index contributed by atoms with van der Waals surface area (Å²) in [6.07, 6.45) is 2.59. The summed E-state index contributed by atoms with van der Waals surface area (Å²) in [5.74, 6) is -2.08. The van der Waals surface area contributed by atoms with Crippen molar-refractivity contribution >= 4 is 52.4 Å². The van der Waals surface area contributed by atoms with Gasteiger partial charge in [0, 0.05) is 16.9 Å². The Morgan fingerprint density at radius 1 is 0.821 bits per heavy atom. The van der Waals surface area contributed by atoms with Crippen molar-refractivity contribution in [2.24, 2.45) is 0 Å². The van der Waals surface area contributed by atoms with E-state index in [1.807, 2.05) is 31.2 Å². The SMILES string of the molecule is CCCCOC(=O)c1ccc(N2C(=O)C(Cl)=C(Nc3ccc(C(=O)Nc4ccc(CC)cc4)cc3)C2=O)cc1. The molecule has 0 fully saturated rings. The van der Waals surface area contributed by atoms with Crippen LogP contribution in [0.25, 0.3) is 0 Å². The monoisotopic (exact) mass is 545 g/mol. The molecule has 0 radical (unpaired) electrons. The number of esters is 1. The Kier molecular flexibility index (Phi) is 8.78. The van der Waals surface area contributed by atoms with Gasteiger partial charge in [-0.1, -0.05) is 44.0 Å². The average molecular weight is 546 g/mol. The van der Waals surface area contributed by atoms with Crippen LogP contribution >= 0.6 is 11.6 Å². The molecule has 1 aliphatic rings. The van der Waals surface area contributed by atoms with E-state index in [-0.39, 0.29) is 22.3 Å². The fraction of sp³-hybridized carbons (Fsp3) is 0.200. The minimum Gasteiger partial charge on any atom is -0.462 e. The molecule has 0 bridgehead atoms. The predicted octanol–water partition coefficient (Wildman–Crippen LogP) is 5.89. The summed E-state index contributed by atoms with van der Waals surface area (Å²) in [4.78, 5) is 51.6. The third kappa shape index (κ3) is 6.35. The van der Waals surface area contributed by atoms with Crippen molar-refractivity contribution in [1.82, 2.24) is 0 Å². The van der Waals surface area contributed by atoms with Crippen LogP contribution in [-0.4, -0.2) is 30.3 Å². The average Bonchev–Trinajstić information content (AvgIpc) is 3.16. The molecule has 0 saturated carbocycles. The number of nitrogens with one attached hydrogen (secondary N) is 2. The second kappa shape index (κ2) is 12.4. The molecular weight excluding hydrogens is 518 g/mol. The Morgan fingerprint density at radius 3 is 2.05 bits per heavy atom. The molecule has 200 valence electrons. The van der Waals surface area contributed by atoms with Gasteiger partial charge in [0.1, 0.15) is 10.7 Å². The highest BCUT2D eigenvalue weighted by Gasteiger charge is 2.39. The number of anilines is 3. The summed E-state index contributed by atoms with van der Waals surface area (Å²) in [6, 6.07) is 20.0. The lowest BCUT2D eigenvalue weighted by molar-refractivity contribution is -0.120. The molecule has 3 aromatic rings. The zero-order valence-corrected chi connectivity index (χ0v) is 22.4. The molecule has 3 aromatic carbocycles. The molecule has 0 aliphatic carbocycles. The van der Waals surface area contributed by atoms with Gasteiger partial charge in [-0.2, -0.15) is 0 Å². The van der Waals surface area contributed by atoms with E-state index in [2.05, 4.69) is 17.6 Å². The van der Waals surface area contributed by atoms with Gasteiger partial charge in [0.15, 0.2) is 0 Å². The molecule has 2 N–H and O–H groups in total. The number of halogens is 1. The Morgan fingerprint density at radius 2 is 1.44 bits per heavy atom. The van der Waals surface area contributed by atoms with E-state index in [9.17, 15) is 19.2 Å². The summed E-state index contributed by atoms with van der Waals surface area (Å²) in [7, 11) is 0. The molecule has 3 amide bonds. The summed E-state index contributed by atoms with van der Waals surface area (Å²) in [5, 5.41) is 5.47. The lowest BCUT2D eigenvalue weighted by atomic mass is 10.1. The standard InChI is InChI=1S/C30H28ClN3O5/c1-3-5-18-39-30(38)21-10-16-24(17-11-21)34-28(36)25(31)26(29(34)37)32-22-14-8-20(9-15-22)27(35)33-23-12-6-19(4-2)7-13-23/h6-17,32H,3-5,18H2,1-2H3,(H,33,35). The number of rotatable bonds is 10. The van der Waals surface area contributed by atoms with Gasteiger partial charge in [0.05, 0.1) is 17.9 Å². The lowest BCUT2D eigenvalue weighted by Crippen LogP contribution is -2.32. The molecule has 1 heterocycles. The van der Waals surface area contributed by atoms with E-state index >= 15 is 0 Å². The third-order valence-corrected chi connectivity index (χ3v) is 6.51. The molecule has 0 atom stereocenters. The number of nitrogens with zero attached hydrogens (tertiary/aromatic N) is 1. The Balaban J connectivity index is 1.40. The second-order valence-corrected chi connectivity index (χ2v) is 9.26. The number of benzene rings is 3. The van der Waals surface area contributed by atoms with Crippen molar-refractivity contribution in [3.63, 3.8) is 0 Å². The number of imide groups is 1. The van der Waals surface area contributed by atoms with E-state index in [1.54, 1.807) is 24.3 Å². The number of unbranched alkanes of at least 4 members (excludes halogenated alkanes) is 1. The van der Waals surface area contributed by atoms with Gasteiger partial charge in [0.25, 0.3) is 17.7 Å². The van der Waals surface area contributed by atoms with Gasteiger partial charge in [-0.25, -0.2) is 9.69 Å². The highest BCUT2D eigenvalue weighted by Crippen LogP contribution is 2.30. The van der Waals surface area contributed by atoms with Crippen LogP contribution in [0.2, 0.25) is 0 Å². The lowest BCUT2D eigenvalue weighted by Gasteiger charge is -2.15. The maximum atomic E-state index is 13.1. The summed E-state index contributed by atoms with van der Waals surface area (Å²) < 4.78 is 5.19. The second-order valence-electron chi connectivity index (χ2n) is 8.88. The Bertz CT molecular complexity index is 1410. The zero-order valence-electron chi connectivity index (χ0n) is 21.6. The van der Waals surface area contributed by atoms with Gasteiger partial charge >= 0.3 is 5.97 Å². The number of carbonyl (C=O) groups is 4. The molecule has 4 rings (SSSR count). The molecular formula is C30H28ClN3O5. The quantitative estimate of drug-likeness (QED) is 0.187. The normalized spacial score (nSPS) is 13.1. The van der Waals surface area contributed by atoms with Gasteiger partial charge in [0.2, 0.25) is 0 Å². The van der Waals surface area contributed by atoms with Crippen LogP contribution < -0.4 is 15.5 Å². The first-order valence-corrected chi connectivity index (χ1v) is 13.0. The molecule has 0 spiro atoms. The predicted molar refractivity (Wildman–Crippen MR) is 151 cm³/mol. The minimum atomic E-state index is -0.687. The smallest absolute Gasteiger partial charge is 0.338 e. The first-order chi connectivity index (χ1) is 18.8. The molecule has 9 heteroatoms. The summed E-state index contributed by atoms with van der Waals surface area (Å²) in [6.45, 7) is 4.38. The number of hydrogen-bond donors (Lipinski definition) is 2. The van der Waals surface area contributed by atoms with E-state index in [1.165, 1.54) is 29.8 Å². The molecule has 0 aromatic heterocycles. The summed E-state index contributed by atoms with van der Waals surface area (Å²) >= 11 is 6.23. The molecule has 0 unspecified atom stereocenters. The molecule has 8 nitrogen and oxygen atoms in total. The fourth-order valence-electron chi connectivity index (χ4n) is 3.86. The van der Waals surface area contributed by atoms with Crippen LogP contribution in [0.4, 0.5) is 17.1 Å². The van der Waals surface area contributed by atoms with E-state index < -0.39 is 17.8 Å². The van der Waals surface area contributed by atoms with Crippen LogP contribution in [0.15, 0.2) is 83.5 Å². The van der Waals surface area contributed by atoms with Crippen LogP contribution in [-0.2, 0) is 20.7 Å². The van der Waals surface area contributed by atoms with Crippen molar-refractivity contribution in [2.45, 2.75) is 33.1 Å². The maximum absolute atomic E-state index is 13.1. The number of ether oxygens (including phenoxy) is 1. The van der Waals surface area contributed by atoms with Gasteiger partial charge in [-0.05, 0) is 79.1 Å². The third-order valence-electron chi connectivity index (χ3n) is 6.16.